The molecular weight excluding hydrogens is 164 g/mol. The first-order valence-corrected chi connectivity index (χ1v) is 4.07. The molecule has 0 fully saturated rings. The van der Waals surface area contributed by atoms with E-state index < -0.39 is 0 Å². The molecule has 13 heavy (non-hydrogen) atoms. The van der Waals surface area contributed by atoms with Gasteiger partial charge in [-0.05, 0) is 18.6 Å². The van der Waals surface area contributed by atoms with Gasteiger partial charge < -0.3 is 5.73 Å². The fraction of sp³-hybridized carbons (Fsp3) is 0.222. The fourth-order valence-corrected chi connectivity index (χ4v) is 1.19. The summed E-state index contributed by atoms with van der Waals surface area (Å²) in [6.45, 7) is 2.03. The summed E-state index contributed by atoms with van der Waals surface area (Å²) in [5.41, 5.74) is 7.65. The number of nitrogens with two attached hydrogens (primary N) is 1. The second-order valence-corrected chi connectivity index (χ2v) is 3.03. The van der Waals surface area contributed by atoms with Gasteiger partial charge in [0, 0.05) is 18.8 Å². The molecule has 2 rings (SSSR count). The van der Waals surface area contributed by atoms with Crippen molar-refractivity contribution in [2.24, 2.45) is 4.99 Å². The molecule has 1 aromatic heterocycles. The Hall–Kier alpha value is -1.71. The first-order valence-electron chi connectivity index (χ1n) is 4.07. The first-order chi connectivity index (χ1) is 6.25. The van der Waals surface area contributed by atoms with Crippen LogP contribution in [-0.2, 0) is 0 Å². The smallest absolute Gasteiger partial charge is 0.176 e. The van der Waals surface area contributed by atoms with Gasteiger partial charge in [-0.25, -0.2) is 9.97 Å². The van der Waals surface area contributed by atoms with Crippen LogP contribution in [0, 0.1) is 0 Å². The molecule has 0 aliphatic carbocycles. The van der Waals surface area contributed by atoms with Gasteiger partial charge in [0.2, 0.25) is 0 Å². The molecular formula is C9H10N4. The Labute approximate surface area is 76.2 Å². The van der Waals surface area contributed by atoms with Gasteiger partial charge in [-0.15, -0.1) is 0 Å². The van der Waals surface area contributed by atoms with Crippen LogP contribution in [0.5, 0.6) is 0 Å². The minimum absolute atomic E-state index is 0.484. The number of rotatable bonds is 1. The Morgan fingerprint density at radius 1 is 1.46 bits per heavy atom. The summed E-state index contributed by atoms with van der Waals surface area (Å²) >= 11 is 0. The van der Waals surface area contributed by atoms with Gasteiger partial charge >= 0.3 is 0 Å². The minimum atomic E-state index is 0.484. The van der Waals surface area contributed by atoms with E-state index >= 15 is 0 Å². The normalized spacial score (nSPS) is 15.5. The van der Waals surface area contributed by atoms with E-state index in [1.165, 1.54) is 5.57 Å². The van der Waals surface area contributed by atoms with Gasteiger partial charge in [-0.1, -0.05) is 0 Å². The number of nitrogens with zero attached hydrogens (tertiary/aromatic N) is 3. The van der Waals surface area contributed by atoms with Crippen LogP contribution in [0.2, 0.25) is 0 Å². The molecule has 0 amide bonds. The van der Waals surface area contributed by atoms with E-state index in [9.17, 15) is 0 Å². The summed E-state index contributed by atoms with van der Waals surface area (Å²) in [4.78, 5) is 12.4. The van der Waals surface area contributed by atoms with Crippen LogP contribution in [0.1, 0.15) is 19.2 Å². The third-order valence-electron chi connectivity index (χ3n) is 1.82. The molecule has 2 N–H and O–H groups in total. The highest BCUT2D eigenvalue weighted by molar-refractivity contribution is 6.00. The highest BCUT2D eigenvalue weighted by Crippen LogP contribution is 2.14. The van der Waals surface area contributed by atoms with Crippen LogP contribution in [0.15, 0.2) is 29.0 Å². The third kappa shape index (κ3) is 1.56. The van der Waals surface area contributed by atoms with E-state index in [1.807, 2.05) is 13.1 Å². The summed E-state index contributed by atoms with van der Waals surface area (Å²) in [5.74, 6) is 1.12. The van der Waals surface area contributed by atoms with Gasteiger partial charge in [-0.2, -0.15) is 0 Å². The number of aromatic nitrogens is 2. The first kappa shape index (κ1) is 7.91. The quantitative estimate of drug-likeness (QED) is 0.694. The van der Waals surface area contributed by atoms with Gasteiger partial charge in [0.15, 0.2) is 5.82 Å². The highest BCUT2D eigenvalue weighted by Gasteiger charge is 2.11. The minimum Gasteiger partial charge on any atom is -0.384 e. The van der Waals surface area contributed by atoms with Crippen LogP contribution in [0.4, 0.5) is 5.82 Å². The maximum absolute atomic E-state index is 5.54. The molecule has 2 heterocycles. The Bertz CT molecular complexity index is 392. The molecule has 0 unspecified atom stereocenters. The predicted molar refractivity (Wildman–Crippen MR) is 51.4 cm³/mol. The van der Waals surface area contributed by atoms with E-state index in [4.69, 9.17) is 5.73 Å². The summed E-state index contributed by atoms with van der Waals surface area (Å²) in [5, 5.41) is 0. The molecule has 0 saturated carbocycles. The predicted octanol–water partition coefficient (Wildman–Crippen LogP) is 1.16. The molecule has 4 nitrogen and oxygen atoms in total. The van der Waals surface area contributed by atoms with E-state index in [1.54, 1.807) is 12.3 Å². The number of anilines is 1. The zero-order valence-corrected chi connectivity index (χ0v) is 7.36. The maximum Gasteiger partial charge on any atom is 0.176 e. The average molecular weight is 174 g/mol. The number of aliphatic imine (C=N–C) groups is 1. The highest BCUT2D eigenvalue weighted by atomic mass is 15.0. The van der Waals surface area contributed by atoms with Gasteiger partial charge in [0.25, 0.3) is 0 Å². The Balaban J connectivity index is 2.29. The Kier molecular flexibility index (Phi) is 1.81. The van der Waals surface area contributed by atoms with Crippen molar-refractivity contribution in [3.05, 3.63) is 29.9 Å². The monoisotopic (exact) mass is 174 g/mol. The standard InChI is InChI=1S/C9H10N4/c1-6-4-7(12-5-6)9-11-3-2-8(10)13-9/h2-3,5H,4H2,1H3,(H2,10,11,13). The number of hydrogen-bond acceptors (Lipinski definition) is 4. The van der Waals surface area contributed by atoms with Crippen molar-refractivity contribution < 1.29 is 0 Å². The Morgan fingerprint density at radius 3 is 2.92 bits per heavy atom. The zero-order valence-electron chi connectivity index (χ0n) is 7.36. The molecule has 0 saturated heterocycles. The maximum atomic E-state index is 5.54. The molecule has 0 atom stereocenters. The lowest BCUT2D eigenvalue weighted by atomic mass is 10.2. The zero-order chi connectivity index (χ0) is 9.26. The third-order valence-corrected chi connectivity index (χ3v) is 1.82. The molecule has 0 radical (unpaired) electrons. The lowest BCUT2D eigenvalue weighted by Gasteiger charge is -1.99. The van der Waals surface area contributed by atoms with Crippen LogP contribution in [-0.4, -0.2) is 15.7 Å². The SMILES string of the molecule is CC1=CN=C(c2nccc(N)n2)C1. The van der Waals surface area contributed by atoms with Crippen LogP contribution >= 0.6 is 0 Å². The fourth-order valence-electron chi connectivity index (χ4n) is 1.19. The lowest BCUT2D eigenvalue weighted by Crippen LogP contribution is -2.06. The summed E-state index contributed by atoms with van der Waals surface area (Å²) in [7, 11) is 0. The van der Waals surface area contributed by atoms with Crippen LogP contribution in [0.3, 0.4) is 0 Å². The van der Waals surface area contributed by atoms with E-state index in [0.29, 0.717) is 11.6 Å². The summed E-state index contributed by atoms with van der Waals surface area (Å²) < 4.78 is 0. The van der Waals surface area contributed by atoms with Crippen molar-refractivity contribution >= 4 is 11.5 Å². The van der Waals surface area contributed by atoms with Crippen LogP contribution < -0.4 is 5.73 Å². The summed E-state index contributed by atoms with van der Waals surface area (Å²) in [6.07, 6.45) is 4.30. The average Bonchev–Trinajstić information content (AvgIpc) is 2.52. The van der Waals surface area contributed by atoms with Crippen molar-refractivity contribution in [1.82, 2.24) is 9.97 Å². The molecule has 0 aromatic carbocycles. The molecule has 1 aliphatic rings. The second-order valence-electron chi connectivity index (χ2n) is 3.03. The van der Waals surface area contributed by atoms with E-state index in [2.05, 4.69) is 15.0 Å². The van der Waals surface area contributed by atoms with Gasteiger partial charge in [0.05, 0.1) is 5.71 Å². The van der Waals surface area contributed by atoms with Gasteiger partial charge in [-0.3, -0.25) is 4.99 Å². The largest absolute Gasteiger partial charge is 0.384 e. The van der Waals surface area contributed by atoms with Gasteiger partial charge in [0.1, 0.15) is 5.82 Å². The van der Waals surface area contributed by atoms with E-state index in [-0.39, 0.29) is 0 Å². The molecule has 1 aromatic rings. The van der Waals surface area contributed by atoms with E-state index in [0.717, 1.165) is 12.1 Å². The topological polar surface area (TPSA) is 64.2 Å². The molecule has 4 heteroatoms. The molecule has 66 valence electrons. The number of hydrogen-bond donors (Lipinski definition) is 1. The molecule has 0 spiro atoms. The van der Waals surface area contributed by atoms with Crippen molar-refractivity contribution in [3.8, 4) is 0 Å². The van der Waals surface area contributed by atoms with Crippen molar-refractivity contribution in [1.29, 1.82) is 0 Å². The molecule has 1 aliphatic heterocycles. The van der Waals surface area contributed by atoms with Crippen molar-refractivity contribution in [2.45, 2.75) is 13.3 Å². The second kappa shape index (κ2) is 2.97. The Morgan fingerprint density at radius 2 is 2.31 bits per heavy atom. The van der Waals surface area contributed by atoms with Crippen molar-refractivity contribution in [3.63, 3.8) is 0 Å². The van der Waals surface area contributed by atoms with Crippen molar-refractivity contribution in [2.75, 3.05) is 5.73 Å². The number of nitrogen functional groups attached to an aromatic ring is 1. The molecule has 0 bridgehead atoms. The lowest BCUT2D eigenvalue weighted by molar-refractivity contribution is 1.12. The summed E-state index contributed by atoms with van der Waals surface area (Å²) in [6, 6.07) is 1.67. The number of allylic oxidation sites excluding steroid dienone is 1. The van der Waals surface area contributed by atoms with Crippen LogP contribution in [0.25, 0.3) is 0 Å².